The highest BCUT2D eigenvalue weighted by Crippen LogP contribution is 2.22. The van der Waals surface area contributed by atoms with Crippen molar-refractivity contribution in [3.63, 3.8) is 0 Å². The Morgan fingerprint density at radius 2 is 1.61 bits per heavy atom. The molecular formula is C30H35F3N4O4. The van der Waals surface area contributed by atoms with E-state index in [1.807, 2.05) is 19.1 Å². The molecule has 1 fully saturated rings. The van der Waals surface area contributed by atoms with E-state index in [9.17, 15) is 32.3 Å². The average Bonchev–Trinajstić information content (AvgIpc) is 3.45. The fourth-order valence-electron chi connectivity index (χ4n) is 4.56. The van der Waals surface area contributed by atoms with Crippen LogP contribution in [0, 0.1) is 0 Å². The summed E-state index contributed by atoms with van der Waals surface area (Å²) in [6.07, 6.45) is 0.828. The second-order valence-electron chi connectivity index (χ2n) is 9.82. The maximum atomic E-state index is 13.7. The summed E-state index contributed by atoms with van der Waals surface area (Å²) in [4.78, 5) is 53.2. The van der Waals surface area contributed by atoms with Gasteiger partial charge in [-0.05, 0) is 43.4 Å². The summed E-state index contributed by atoms with van der Waals surface area (Å²) in [6, 6.07) is 13.6. The zero-order valence-corrected chi connectivity index (χ0v) is 22.8. The van der Waals surface area contributed by atoms with Crippen LogP contribution in [0.25, 0.3) is 0 Å². The molecule has 1 heterocycles. The molecule has 2 aromatic carbocycles. The van der Waals surface area contributed by atoms with Crippen LogP contribution in [-0.4, -0.2) is 59.4 Å². The fraction of sp³-hybridized carbons (Fsp3) is 0.400. The third-order valence-corrected chi connectivity index (χ3v) is 6.65. The van der Waals surface area contributed by atoms with E-state index in [4.69, 9.17) is 0 Å². The molecule has 0 aromatic heterocycles. The van der Waals surface area contributed by atoms with E-state index in [1.165, 1.54) is 4.90 Å². The van der Waals surface area contributed by atoms with E-state index in [2.05, 4.69) is 10.6 Å². The van der Waals surface area contributed by atoms with Crippen molar-refractivity contribution < 1.29 is 32.3 Å². The number of hydrogen-bond donors (Lipinski definition) is 3. The lowest BCUT2D eigenvalue weighted by Crippen LogP contribution is -2.57. The molecule has 3 N–H and O–H groups in total. The summed E-state index contributed by atoms with van der Waals surface area (Å²) in [5.41, 5.74) is 1.10. The number of allylic oxidation sites excluding steroid dienone is 1. The molecule has 0 spiro atoms. The number of hydrogen-bond acceptors (Lipinski definition) is 4. The Morgan fingerprint density at radius 1 is 0.951 bits per heavy atom. The van der Waals surface area contributed by atoms with Crippen molar-refractivity contribution in [2.45, 2.75) is 69.8 Å². The Kier molecular flexibility index (Phi) is 11.5. The molecule has 11 heteroatoms. The first-order valence-electron chi connectivity index (χ1n) is 13.6. The van der Waals surface area contributed by atoms with E-state index in [1.54, 1.807) is 66.0 Å². The molecule has 8 nitrogen and oxygen atoms in total. The smallest absolute Gasteiger partial charge is 0.342 e. The molecule has 3 atom stereocenters. The van der Waals surface area contributed by atoms with Gasteiger partial charge in [0.1, 0.15) is 18.1 Å². The van der Waals surface area contributed by atoms with Gasteiger partial charge < -0.3 is 20.9 Å². The van der Waals surface area contributed by atoms with Crippen LogP contribution in [0.2, 0.25) is 0 Å². The summed E-state index contributed by atoms with van der Waals surface area (Å²) < 4.78 is 39.2. The quantitative estimate of drug-likeness (QED) is 0.333. The number of halogens is 3. The number of anilines is 1. The molecule has 3 rings (SSSR count). The lowest BCUT2D eigenvalue weighted by molar-refractivity contribution is -0.174. The highest BCUT2D eigenvalue weighted by atomic mass is 19.4. The van der Waals surface area contributed by atoms with Gasteiger partial charge in [0.15, 0.2) is 0 Å². The maximum absolute atomic E-state index is 13.7. The summed E-state index contributed by atoms with van der Waals surface area (Å²) in [7, 11) is 0. The van der Waals surface area contributed by atoms with Gasteiger partial charge in [0.05, 0.1) is 0 Å². The summed E-state index contributed by atoms with van der Waals surface area (Å²) in [5, 5.41) is 7.13. The normalized spacial score (nSPS) is 16.7. The largest absolute Gasteiger partial charge is 0.471 e. The lowest BCUT2D eigenvalue weighted by Gasteiger charge is -2.29. The standard InChI is InChI=1S/C30H35F3N4O4/c1-2-3-4-11-17-23(28(40)37-19-12-18-25(37)27(39)34-22-15-9-6-10-16-22)35-26(38)24(36-29(41)30(31,32)33)20-21-13-7-5-8-14-21/h4-11,13-16,23-25H,2-3,12,17-20H2,1H3,(H,34,39)(H,35,38)(H,36,41)/b11-4+/t23-,24+,25+/m1/s1. The minimum atomic E-state index is -5.19. The Morgan fingerprint density at radius 3 is 2.24 bits per heavy atom. The zero-order chi connectivity index (χ0) is 29.8. The number of amides is 4. The van der Waals surface area contributed by atoms with Crippen molar-refractivity contribution in [1.29, 1.82) is 0 Å². The number of benzene rings is 2. The molecule has 0 aliphatic carbocycles. The molecule has 1 aliphatic rings. The highest BCUT2D eigenvalue weighted by molar-refractivity contribution is 5.99. The highest BCUT2D eigenvalue weighted by Gasteiger charge is 2.42. The first-order valence-corrected chi connectivity index (χ1v) is 13.6. The SMILES string of the molecule is CCC/C=C/C[C@@H](NC(=O)[C@H](Cc1ccccc1)NC(=O)C(F)(F)F)C(=O)N1CCC[C@H]1C(=O)Nc1ccccc1. The van der Waals surface area contributed by atoms with Crippen molar-refractivity contribution >= 4 is 29.3 Å². The van der Waals surface area contributed by atoms with Gasteiger partial charge in [-0.15, -0.1) is 0 Å². The number of rotatable bonds is 12. The zero-order valence-electron chi connectivity index (χ0n) is 22.8. The number of likely N-dealkylation sites (tertiary alicyclic amines) is 1. The predicted molar refractivity (Wildman–Crippen MR) is 149 cm³/mol. The van der Waals surface area contributed by atoms with E-state index in [0.29, 0.717) is 24.1 Å². The van der Waals surface area contributed by atoms with Crippen LogP contribution >= 0.6 is 0 Å². The molecular weight excluding hydrogens is 537 g/mol. The monoisotopic (exact) mass is 572 g/mol. The summed E-state index contributed by atoms with van der Waals surface area (Å²) in [6.45, 7) is 2.27. The van der Waals surface area contributed by atoms with E-state index >= 15 is 0 Å². The molecule has 4 amide bonds. The van der Waals surface area contributed by atoms with E-state index in [0.717, 1.165) is 12.8 Å². The van der Waals surface area contributed by atoms with Crippen molar-refractivity contribution in [3.05, 3.63) is 78.4 Å². The second-order valence-corrected chi connectivity index (χ2v) is 9.82. The number of para-hydroxylation sites is 1. The average molecular weight is 573 g/mol. The van der Waals surface area contributed by atoms with Crippen LogP contribution in [0.3, 0.4) is 0 Å². The number of nitrogens with zero attached hydrogens (tertiary/aromatic N) is 1. The van der Waals surface area contributed by atoms with Gasteiger partial charge >= 0.3 is 12.1 Å². The first-order chi connectivity index (χ1) is 19.6. The van der Waals surface area contributed by atoms with Gasteiger partial charge in [-0.1, -0.05) is 74.0 Å². The molecule has 2 aromatic rings. The fourth-order valence-corrected chi connectivity index (χ4v) is 4.56. The van der Waals surface area contributed by atoms with Crippen molar-refractivity contribution in [2.75, 3.05) is 11.9 Å². The van der Waals surface area contributed by atoms with Gasteiger partial charge in [-0.2, -0.15) is 13.2 Å². The van der Waals surface area contributed by atoms with Crippen LogP contribution < -0.4 is 16.0 Å². The Balaban J connectivity index is 1.80. The molecule has 0 unspecified atom stereocenters. The van der Waals surface area contributed by atoms with Gasteiger partial charge in [0.2, 0.25) is 17.7 Å². The lowest BCUT2D eigenvalue weighted by atomic mass is 10.0. The molecule has 0 radical (unpaired) electrons. The third-order valence-electron chi connectivity index (χ3n) is 6.65. The van der Waals surface area contributed by atoms with Crippen molar-refractivity contribution in [2.24, 2.45) is 0 Å². The predicted octanol–water partition coefficient (Wildman–Crippen LogP) is 4.14. The Labute approximate surface area is 237 Å². The number of nitrogens with one attached hydrogen (secondary N) is 3. The maximum Gasteiger partial charge on any atom is 0.471 e. The van der Waals surface area contributed by atoms with Crippen LogP contribution in [0.5, 0.6) is 0 Å². The third kappa shape index (κ3) is 9.47. The molecule has 220 valence electrons. The molecule has 0 bridgehead atoms. The van der Waals surface area contributed by atoms with Crippen LogP contribution in [0.1, 0.15) is 44.6 Å². The Hall–Kier alpha value is -4.15. The molecule has 41 heavy (non-hydrogen) atoms. The molecule has 0 saturated carbocycles. The summed E-state index contributed by atoms with van der Waals surface area (Å²) in [5.74, 6) is -4.08. The Bertz CT molecular complexity index is 1210. The number of alkyl halides is 3. The number of carbonyl (C=O) groups is 4. The van der Waals surface area contributed by atoms with Crippen molar-refractivity contribution in [3.8, 4) is 0 Å². The summed E-state index contributed by atoms with van der Waals surface area (Å²) >= 11 is 0. The van der Waals surface area contributed by atoms with E-state index < -0.39 is 42.0 Å². The van der Waals surface area contributed by atoms with Crippen LogP contribution in [0.4, 0.5) is 18.9 Å². The van der Waals surface area contributed by atoms with Gasteiger partial charge in [0.25, 0.3) is 0 Å². The number of carbonyl (C=O) groups excluding carboxylic acids is 4. The molecule has 1 saturated heterocycles. The van der Waals surface area contributed by atoms with Crippen molar-refractivity contribution in [1.82, 2.24) is 15.5 Å². The molecule has 1 aliphatic heterocycles. The van der Waals surface area contributed by atoms with Gasteiger partial charge in [-0.3, -0.25) is 19.2 Å². The van der Waals surface area contributed by atoms with Gasteiger partial charge in [-0.25, -0.2) is 0 Å². The van der Waals surface area contributed by atoms with E-state index in [-0.39, 0.29) is 25.3 Å². The second kappa shape index (κ2) is 15.0. The minimum absolute atomic E-state index is 0.0688. The van der Waals surface area contributed by atoms with Crippen LogP contribution in [0.15, 0.2) is 72.8 Å². The topological polar surface area (TPSA) is 108 Å². The minimum Gasteiger partial charge on any atom is -0.342 e. The van der Waals surface area contributed by atoms with Gasteiger partial charge in [0, 0.05) is 18.7 Å². The number of unbranched alkanes of at least 4 members (excludes halogenated alkanes) is 1. The van der Waals surface area contributed by atoms with Crippen LogP contribution in [-0.2, 0) is 25.6 Å². The first kappa shape index (κ1) is 31.4.